The molecular weight excluding hydrogens is 715 g/mol. The lowest BCUT2D eigenvalue weighted by Gasteiger charge is -2.35. The lowest BCUT2D eigenvalue weighted by atomic mass is 9.99. The van der Waals surface area contributed by atoms with Crippen molar-refractivity contribution >= 4 is 40.6 Å². The third-order valence-electron chi connectivity index (χ3n) is 9.06. The maximum absolute atomic E-state index is 14.2. The molecule has 4 rings (SSSR count). The second-order valence-electron chi connectivity index (χ2n) is 13.9. The normalized spacial score (nSPS) is 13.3. The van der Waals surface area contributed by atoms with Crippen LogP contribution < -0.4 is 27.1 Å². The molecule has 56 heavy (non-hydrogen) atoms. The van der Waals surface area contributed by atoms with Crippen LogP contribution in [0.25, 0.3) is 10.9 Å². The second kappa shape index (κ2) is 21.9. The Morgan fingerprint density at radius 3 is 2.11 bits per heavy atom. The van der Waals surface area contributed by atoms with Crippen LogP contribution in [0.3, 0.4) is 0 Å². The Bertz CT molecular complexity index is 1890. The molecule has 6 N–H and O–H groups in total. The minimum Gasteiger partial charge on any atom is -0.453 e. The molecule has 0 saturated heterocycles. The highest BCUT2D eigenvalue weighted by atomic mass is 16.5. The summed E-state index contributed by atoms with van der Waals surface area (Å²) in [5.74, 6) is -2.84. The molecule has 0 aliphatic rings. The van der Waals surface area contributed by atoms with Gasteiger partial charge in [-0.2, -0.15) is 0 Å². The summed E-state index contributed by atoms with van der Waals surface area (Å²) in [6.45, 7) is 6.35. The average Bonchev–Trinajstić information content (AvgIpc) is 3.19. The third-order valence-corrected chi connectivity index (χ3v) is 9.06. The highest BCUT2D eigenvalue weighted by Gasteiger charge is 2.33. The minimum atomic E-state index is -1.33. The Balaban J connectivity index is 1.67. The summed E-state index contributed by atoms with van der Waals surface area (Å²) >= 11 is 0. The van der Waals surface area contributed by atoms with Gasteiger partial charge in [0.25, 0.3) is 11.8 Å². The van der Waals surface area contributed by atoms with Crippen molar-refractivity contribution in [1.82, 2.24) is 31.4 Å². The van der Waals surface area contributed by atoms with Gasteiger partial charge in [0.05, 0.1) is 31.2 Å². The molecule has 0 spiro atoms. The van der Waals surface area contributed by atoms with E-state index in [4.69, 9.17) is 15.2 Å². The molecule has 0 fully saturated rings. The van der Waals surface area contributed by atoms with Crippen LogP contribution in [0.1, 0.15) is 61.6 Å². The van der Waals surface area contributed by atoms with E-state index in [2.05, 4.69) is 26.4 Å². The van der Waals surface area contributed by atoms with Crippen LogP contribution in [0.2, 0.25) is 0 Å². The molecular formula is C42H53N7O7. The summed E-state index contributed by atoms with van der Waals surface area (Å²) in [6, 6.07) is 26.6. The van der Waals surface area contributed by atoms with E-state index < -0.39 is 60.4 Å². The van der Waals surface area contributed by atoms with Gasteiger partial charge in [-0.05, 0) is 42.0 Å². The molecule has 1 heterocycles. The SMILES string of the molecule is CCCCO[C@@H](CN(Cc1ccccc1)NC(=O)[C@@H](NC(=O)OC)C(C)C)[C@H](Cc1ccccc1)NC(=O)[C@H](CC(N)=O)NC(=O)c1ccc2ccccc2n1. The number of fused-ring (bicyclic) bond motifs is 1. The second-order valence-corrected chi connectivity index (χ2v) is 13.9. The molecule has 14 heteroatoms. The van der Waals surface area contributed by atoms with Crippen LogP contribution >= 0.6 is 0 Å². The first-order valence-corrected chi connectivity index (χ1v) is 18.8. The number of amides is 5. The predicted octanol–water partition coefficient (Wildman–Crippen LogP) is 4.04. The molecule has 5 amide bonds. The summed E-state index contributed by atoms with van der Waals surface area (Å²) < 4.78 is 11.3. The summed E-state index contributed by atoms with van der Waals surface area (Å²) in [4.78, 5) is 70.3. The van der Waals surface area contributed by atoms with E-state index in [1.54, 1.807) is 43.1 Å². The van der Waals surface area contributed by atoms with Gasteiger partial charge < -0.3 is 31.2 Å². The number of unbranched alkanes of at least 4 members (excludes halogenated alkanes) is 1. The van der Waals surface area contributed by atoms with E-state index >= 15 is 0 Å². The maximum Gasteiger partial charge on any atom is 0.407 e. The van der Waals surface area contributed by atoms with Crippen LogP contribution in [-0.2, 0) is 36.8 Å². The number of hydrazine groups is 1. The number of pyridine rings is 1. The number of nitrogens with two attached hydrogens (primary N) is 1. The van der Waals surface area contributed by atoms with Gasteiger partial charge in [0.1, 0.15) is 17.8 Å². The van der Waals surface area contributed by atoms with Crippen molar-refractivity contribution < 1.29 is 33.4 Å². The van der Waals surface area contributed by atoms with Gasteiger partial charge in [-0.15, -0.1) is 0 Å². The van der Waals surface area contributed by atoms with E-state index in [9.17, 15) is 24.0 Å². The van der Waals surface area contributed by atoms with E-state index in [1.807, 2.05) is 79.7 Å². The fourth-order valence-corrected chi connectivity index (χ4v) is 6.05. The number of primary amides is 1. The number of methoxy groups -OCH3 is 1. The molecule has 3 aromatic carbocycles. The van der Waals surface area contributed by atoms with Crippen LogP contribution in [0.5, 0.6) is 0 Å². The number of rotatable bonds is 21. The highest BCUT2D eigenvalue weighted by Crippen LogP contribution is 2.16. The monoisotopic (exact) mass is 767 g/mol. The summed E-state index contributed by atoms with van der Waals surface area (Å²) in [7, 11) is 1.23. The van der Waals surface area contributed by atoms with Gasteiger partial charge >= 0.3 is 6.09 Å². The molecule has 14 nitrogen and oxygen atoms in total. The molecule has 0 radical (unpaired) electrons. The van der Waals surface area contributed by atoms with Gasteiger partial charge in [0.2, 0.25) is 11.8 Å². The third kappa shape index (κ3) is 13.5. The topological polar surface area (TPSA) is 194 Å². The van der Waals surface area contributed by atoms with Gasteiger partial charge in [-0.3, -0.25) is 24.6 Å². The van der Waals surface area contributed by atoms with E-state index in [1.165, 1.54) is 7.11 Å². The van der Waals surface area contributed by atoms with Gasteiger partial charge in [0.15, 0.2) is 0 Å². The van der Waals surface area contributed by atoms with Crippen molar-refractivity contribution in [2.45, 2.75) is 77.2 Å². The van der Waals surface area contributed by atoms with Crippen LogP contribution in [0.15, 0.2) is 97.1 Å². The number of carbonyl (C=O) groups is 5. The van der Waals surface area contributed by atoms with Gasteiger partial charge in [-0.1, -0.05) is 112 Å². The fourth-order valence-electron chi connectivity index (χ4n) is 6.05. The number of nitrogens with one attached hydrogen (secondary N) is 4. The van der Waals surface area contributed by atoms with E-state index in [-0.39, 0.29) is 24.7 Å². The molecule has 4 atom stereocenters. The summed E-state index contributed by atoms with van der Waals surface area (Å²) in [6.07, 6.45) is -0.0620. The molecule has 0 bridgehead atoms. The predicted molar refractivity (Wildman–Crippen MR) is 213 cm³/mol. The van der Waals surface area contributed by atoms with Crippen LogP contribution in [0, 0.1) is 5.92 Å². The molecule has 0 aliphatic heterocycles. The number of ether oxygens (including phenoxy) is 2. The van der Waals surface area contributed by atoms with Crippen molar-refractivity contribution in [3.63, 3.8) is 0 Å². The van der Waals surface area contributed by atoms with Crippen molar-refractivity contribution in [2.75, 3.05) is 20.3 Å². The van der Waals surface area contributed by atoms with Gasteiger partial charge in [0, 0.05) is 25.1 Å². The van der Waals surface area contributed by atoms with Crippen molar-refractivity contribution in [2.24, 2.45) is 11.7 Å². The zero-order valence-electron chi connectivity index (χ0n) is 32.4. The molecule has 4 aromatic rings. The van der Waals surface area contributed by atoms with Crippen molar-refractivity contribution in [1.29, 1.82) is 0 Å². The van der Waals surface area contributed by atoms with Crippen molar-refractivity contribution in [3.8, 4) is 0 Å². The van der Waals surface area contributed by atoms with Crippen molar-refractivity contribution in [3.05, 3.63) is 114 Å². The molecule has 0 unspecified atom stereocenters. The van der Waals surface area contributed by atoms with Gasteiger partial charge in [-0.25, -0.2) is 14.8 Å². The zero-order valence-corrected chi connectivity index (χ0v) is 32.4. The Morgan fingerprint density at radius 1 is 0.804 bits per heavy atom. The maximum atomic E-state index is 14.2. The largest absolute Gasteiger partial charge is 0.453 e. The Hall–Kier alpha value is -5.86. The Labute approximate surface area is 327 Å². The van der Waals surface area contributed by atoms with E-state index in [0.717, 1.165) is 29.4 Å². The first-order chi connectivity index (χ1) is 27.0. The smallest absolute Gasteiger partial charge is 0.407 e. The minimum absolute atomic E-state index is 0.0706. The number of benzene rings is 3. The molecule has 298 valence electrons. The summed E-state index contributed by atoms with van der Waals surface area (Å²) in [5, 5.41) is 10.9. The first kappa shape index (κ1) is 42.9. The number of hydrogen-bond donors (Lipinski definition) is 5. The lowest BCUT2D eigenvalue weighted by Crippen LogP contribution is -2.59. The molecule has 0 aliphatic carbocycles. The molecule has 1 aromatic heterocycles. The number of carbonyl (C=O) groups excluding carboxylic acids is 5. The summed E-state index contributed by atoms with van der Waals surface area (Å²) in [5.41, 5.74) is 11.0. The van der Waals surface area contributed by atoms with E-state index in [0.29, 0.717) is 18.5 Å². The Morgan fingerprint density at radius 2 is 1.46 bits per heavy atom. The number of nitrogens with zero attached hydrogens (tertiary/aromatic N) is 2. The quantitative estimate of drug-likeness (QED) is 0.0615. The number of alkyl carbamates (subject to hydrolysis) is 1. The lowest BCUT2D eigenvalue weighted by molar-refractivity contribution is -0.132. The standard InChI is InChI=1S/C42H53N7O7/c1-5-6-23-56-36(27-49(26-30-17-11-8-12-18-30)48-41(53)38(28(2)3)47-42(54)55-4)34(24-29-15-9-7-10-16-29)45-40(52)35(25-37(43)50)46-39(51)33-22-21-31-19-13-14-20-32(31)44-33/h7-22,28,34-36,38H,5-6,23-27H2,1-4H3,(H2,43,50)(H,45,52)(H,46,51)(H,47,54)(H,48,53)/t34-,35-,36-,38-/m0/s1. The first-order valence-electron chi connectivity index (χ1n) is 18.8. The fraction of sp³-hybridized carbons (Fsp3) is 0.381. The van der Waals surface area contributed by atoms with Crippen LogP contribution in [0.4, 0.5) is 4.79 Å². The number of aromatic nitrogens is 1. The zero-order chi connectivity index (χ0) is 40.5. The highest BCUT2D eigenvalue weighted by molar-refractivity contribution is 5.99. The average molecular weight is 768 g/mol. The number of para-hydroxylation sites is 1. The van der Waals surface area contributed by atoms with Crippen LogP contribution in [-0.4, -0.2) is 84.2 Å². The number of hydrogen-bond acceptors (Lipinski definition) is 9. The Kier molecular flexibility index (Phi) is 16.8. The molecule has 0 saturated carbocycles.